The van der Waals surface area contributed by atoms with Crippen LogP contribution in [0, 0.1) is 6.92 Å². The molecule has 0 spiro atoms. The van der Waals surface area contributed by atoms with Crippen molar-refractivity contribution in [1.29, 1.82) is 0 Å². The Morgan fingerprint density at radius 1 is 0.621 bits per heavy atom. The van der Waals surface area contributed by atoms with Crippen LogP contribution in [-0.2, 0) is 0 Å². The number of anilines is 3. The summed E-state index contributed by atoms with van der Waals surface area (Å²) >= 11 is 0. The number of piperazine rings is 1. The smallest absolute Gasteiger partial charge is 0.317 e. The molecule has 0 aliphatic carbocycles. The molecule has 2 aromatic carbocycles. The summed E-state index contributed by atoms with van der Waals surface area (Å²) in [7, 11) is 0. The van der Waals surface area contributed by atoms with E-state index in [-0.39, 0.29) is 6.03 Å². The fraction of sp³-hybridized carbons (Fsp3) is 0.205. The number of carbonyl (C=O) groups excluding carboxylic acids is 1. The van der Waals surface area contributed by atoms with Crippen molar-refractivity contribution < 1.29 is 4.79 Å². The summed E-state index contributed by atoms with van der Waals surface area (Å²) in [5.74, 6) is 2.39. The van der Waals surface area contributed by atoms with E-state index < -0.39 is 0 Å². The minimum Gasteiger partial charge on any atom is -0.367 e. The first-order valence-electron chi connectivity index (χ1n) is 19.3. The molecule has 2 aliphatic rings. The van der Waals surface area contributed by atoms with Crippen LogP contribution < -0.4 is 20.4 Å². The molecule has 9 rings (SSSR count). The molecule has 2 N–H and O–H groups in total. The number of carbonyl (C=O) groups is 1. The SMILES string of the molecule is Cc1c(N2CCN(c3ncccn3)CC2)nnc(-c2ccccc2)c1-c1ccncc1.O=C1NCCN1CCNc1cc(-c2ccncc2)c(-c2ccccc2)nn1. The molecular formula is C44H43N13O. The number of rotatable bonds is 10. The van der Waals surface area contributed by atoms with E-state index in [2.05, 4.69) is 79.8 Å². The highest BCUT2D eigenvalue weighted by molar-refractivity contribution is 5.85. The van der Waals surface area contributed by atoms with Gasteiger partial charge in [-0.2, -0.15) is 0 Å². The van der Waals surface area contributed by atoms with Crippen molar-refractivity contribution in [1.82, 2.24) is 50.5 Å². The first kappa shape index (κ1) is 37.6. The van der Waals surface area contributed by atoms with Gasteiger partial charge in [0, 0.05) is 117 Å². The molecule has 7 heterocycles. The molecule has 2 aliphatic heterocycles. The predicted molar refractivity (Wildman–Crippen MR) is 226 cm³/mol. The second-order valence-electron chi connectivity index (χ2n) is 13.7. The number of nitrogens with zero attached hydrogens (tertiary/aromatic N) is 11. The quantitative estimate of drug-likeness (QED) is 0.161. The van der Waals surface area contributed by atoms with Crippen LogP contribution in [0.5, 0.6) is 0 Å². The number of nitrogens with one attached hydrogen (secondary N) is 2. The van der Waals surface area contributed by atoms with Gasteiger partial charge in [-0.25, -0.2) is 14.8 Å². The fourth-order valence-corrected chi connectivity index (χ4v) is 7.14. The molecule has 290 valence electrons. The number of pyridine rings is 2. The average molecular weight is 770 g/mol. The van der Waals surface area contributed by atoms with Crippen molar-refractivity contribution in [3.8, 4) is 44.8 Å². The third kappa shape index (κ3) is 8.70. The Hall–Kier alpha value is -7.35. The van der Waals surface area contributed by atoms with Crippen LogP contribution in [0.15, 0.2) is 134 Å². The van der Waals surface area contributed by atoms with Crippen LogP contribution in [0.3, 0.4) is 0 Å². The van der Waals surface area contributed by atoms with E-state index in [1.807, 2.05) is 97.3 Å². The van der Waals surface area contributed by atoms with Crippen molar-refractivity contribution in [2.45, 2.75) is 6.92 Å². The van der Waals surface area contributed by atoms with Gasteiger partial charge in [0.1, 0.15) is 17.2 Å². The summed E-state index contributed by atoms with van der Waals surface area (Å²) in [4.78, 5) is 35.0. The molecular weight excluding hydrogens is 727 g/mol. The van der Waals surface area contributed by atoms with Gasteiger partial charge in [0.15, 0.2) is 5.82 Å². The maximum absolute atomic E-state index is 11.6. The van der Waals surface area contributed by atoms with E-state index in [0.29, 0.717) is 25.5 Å². The third-order valence-corrected chi connectivity index (χ3v) is 10.1. The number of hydrogen-bond acceptors (Lipinski definition) is 12. The lowest BCUT2D eigenvalue weighted by Crippen LogP contribution is -2.47. The Morgan fingerprint density at radius 3 is 1.86 bits per heavy atom. The van der Waals surface area contributed by atoms with Gasteiger partial charge in [0.05, 0.1) is 0 Å². The van der Waals surface area contributed by atoms with Crippen molar-refractivity contribution in [2.75, 3.05) is 67.5 Å². The van der Waals surface area contributed by atoms with Crippen molar-refractivity contribution in [2.24, 2.45) is 0 Å². The molecule has 0 bridgehead atoms. The first-order valence-corrected chi connectivity index (χ1v) is 19.3. The molecule has 0 unspecified atom stereocenters. The molecule has 2 fully saturated rings. The molecule has 0 radical (unpaired) electrons. The molecule has 14 heteroatoms. The van der Waals surface area contributed by atoms with Crippen molar-refractivity contribution in [3.63, 3.8) is 0 Å². The second-order valence-corrected chi connectivity index (χ2v) is 13.7. The largest absolute Gasteiger partial charge is 0.367 e. The number of aromatic nitrogens is 8. The highest BCUT2D eigenvalue weighted by Crippen LogP contribution is 2.36. The number of amides is 2. The van der Waals surface area contributed by atoms with Gasteiger partial charge in [0.2, 0.25) is 5.95 Å². The standard InChI is InChI=1S/C24H23N7.C20H20N6O/c1-18-21(19-8-12-25-13-9-19)22(20-6-3-2-4-7-20)28-29-23(18)30-14-16-31(17-15-30)24-26-10-5-11-27-24;27-20-23-11-13-26(20)12-10-22-18-14-17(15-6-8-21-9-7-15)19(25-24-18)16-4-2-1-3-5-16/h2-13H,14-17H2,1H3;1-9,14H,10-13H2,(H,22,24)(H,23,27). The lowest BCUT2D eigenvalue weighted by molar-refractivity contribution is 0.219. The zero-order valence-corrected chi connectivity index (χ0v) is 32.2. The van der Waals surface area contributed by atoms with E-state index in [0.717, 1.165) is 94.8 Å². The topological polar surface area (TPSA) is 154 Å². The molecule has 7 aromatic rings. The zero-order valence-electron chi connectivity index (χ0n) is 32.2. The van der Waals surface area contributed by atoms with Crippen LogP contribution >= 0.6 is 0 Å². The van der Waals surface area contributed by atoms with Crippen molar-refractivity contribution >= 4 is 23.6 Å². The van der Waals surface area contributed by atoms with E-state index >= 15 is 0 Å². The second kappa shape index (κ2) is 18.1. The molecule has 14 nitrogen and oxygen atoms in total. The predicted octanol–water partition coefficient (Wildman–Crippen LogP) is 6.27. The summed E-state index contributed by atoms with van der Waals surface area (Å²) in [6, 6.07) is 32.0. The Morgan fingerprint density at radius 2 is 1.22 bits per heavy atom. The van der Waals surface area contributed by atoms with Gasteiger partial charge in [-0.15, -0.1) is 20.4 Å². The summed E-state index contributed by atoms with van der Waals surface area (Å²) in [5, 5.41) is 24.2. The summed E-state index contributed by atoms with van der Waals surface area (Å²) in [6.45, 7) is 8.19. The number of hydrogen-bond donors (Lipinski definition) is 2. The van der Waals surface area contributed by atoms with E-state index in [4.69, 9.17) is 0 Å². The monoisotopic (exact) mass is 769 g/mol. The van der Waals surface area contributed by atoms with Crippen LogP contribution in [0.2, 0.25) is 0 Å². The van der Waals surface area contributed by atoms with Crippen LogP contribution in [-0.4, -0.2) is 104 Å². The maximum atomic E-state index is 11.6. The van der Waals surface area contributed by atoms with Gasteiger partial charge < -0.3 is 25.3 Å². The van der Waals surface area contributed by atoms with Gasteiger partial charge in [-0.05, 0) is 54.4 Å². The fourth-order valence-electron chi connectivity index (χ4n) is 7.14. The van der Waals surface area contributed by atoms with Crippen LogP contribution in [0.4, 0.5) is 22.4 Å². The molecule has 0 saturated carbocycles. The minimum absolute atomic E-state index is 0.0141. The van der Waals surface area contributed by atoms with E-state index in [1.165, 1.54) is 0 Å². The van der Waals surface area contributed by atoms with E-state index in [9.17, 15) is 4.79 Å². The number of urea groups is 1. The van der Waals surface area contributed by atoms with Crippen molar-refractivity contribution in [3.05, 3.63) is 140 Å². The number of benzene rings is 2. The molecule has 5 aromatic heterocycles. The third-order valence-electron chi connectivity index (χ3n) is 10.1. The van der Waals surface area contributed by atoms with Gasteiger partial charge in [-0.1, -0.05) is 60.7 Å². The van der Waals surface area contributed by atoms with Gasteiger partial charge in [0.25, 0.3) is 0 Å². The Balaban J connectivity index is 0.000000164. The Bertz CT molecular complexity index is 2400. The lowest BCUT2D eigenvalue weighted by Gasteiger charge is -2.36. The molecule has 2 saturated heterocycles. The Kier molecular flexibility index (Phi) is 11.7. The summed E-state index contributed by atoms with van der Waals surface area (Å²) in [6.07, 6.45) is 10.7. The Labute approximate surface area is 337 Å². The normalized spacial score (nSPS) is 13.7. The van der Waals surface area contributed by atoms with Crippen LogP contribution in [0.1, 0.15) is 5.56 Å². The zero-order chi connectivity index (χ0) is 39.5. The van der Waals surface area contributed by atoms with Crippen LogP contribution in [0.25, 0.3) is 44.8 Å². The van der Waals surface area contributed by atoms with Gasteiger partial charge in [-0.3, -0.25) is 9.97 Å². The first-order chi connectivity index (χ1) is 28.6. The maximum Gasteiger partial charge on any atom is 0.317 e. The summed E-state index contributed by atoms with van der Waals surface area (Å²) in [5.41, 5.74) is 9.13. The molecule has 0 atom stereocenters. The highest BCUT2D eigenvalue weighted by atomic mass is 16.2. The summed E-state index contributed by atoms with van der Waals surface area (Å²) < 4.78 is 0. The molecule has 2 amide bonds. The highest BCUT2D eigenvalue weighted by Gasteiger charge is 2.25. The lowest BCUT2D eigenvalue weighted by atomic mass is 9.96. The van der Waals surface area contributed by atoms with E-state index in [1.54, 1.807) is 29.7 Å². The van der Waals surface area contributed by atoms with Gasteiger partial charge >= 0.3 is 6.03 Å². The average Bonchev–Trinajstić information content (AvgIpc) is 3.71. The molecule has 58 heavy (non-hydrogen) atoms. The minimum atomic E-state index is -0.0141.